The van der Waals surface area contributed by atoms with Crippen molar-refractivity contribution in [3.8, 4) is 5.75 Å². The normalized spacial score (nSPS) is 12.1. The van der Waals surface area contributed by atoms with Crippen LogP contribution in [0, 0.1) is 6.92 Å². The van der Waals surface area contributed by atoms with Crippen LogP contribution in [0.15, 0.2) is 83.8 Å². The van der Waals surface area contributed by atoms with Gasteiger partial charge < -0.3 is 10.1 Å². The second kappa shape index (κ2) is 9.45. The minimum absolute atomic E-state index is 0.162. The van der Waals surface area contributed by atoms with E-state index in [0.717, 1.165) is 11.3 Å². The van der Waals surface area contributed by atoms with Gasteiger partial charge in [-0.1, -0.05) is 42.0 Å². The van der Waals surface area contributed by atoms with Crippen molar-refractivity contribution < 1.29 is 17.9 Å². The highest BCUT2D eigenvalue weighted by Crippen LogP contribution is 2.18. The van der Waals surface area contributed by atoms with Crippen molar-refractivity contribution in [1.29, 1.82) is 0 Å². The zero-order chi connectivity index (χ0) is 21.6. The fourth-order valence-electron chi connectivity index (χ4n) is 2.74. The third kappa shape index (κ3) is 5.84. The summed E-state index contributed by atoms with van der Waals surface area (Å²) in [6.45, 7) is 4.04. The van der Waals surface area contributed by atoms with Crippen molar-refractivity contribution in [3.05, 3.63) is 90.0 Å². The quantitative estimate of drug-likeness (QED) is 0.573. The molecule has 0 fully saturated rings. The lowest BCUT2D eigenvalue weighted by atomic mass is 10.2. The molecule has 0 bridgehead atoms. The molecule has 0 spiro atoms. The standard InChI is InChI=1S/C23H24N2O4S/c1-17-11-13-22(14-12-17)30(27,28)25-20-8-6-7-19(15-20)23(26)24-18(2)16-29-21-9-4-3-5-10-21/h3-15,18,25H,16H2,1-2H3,(H,24,26). The molecule has 6 nitrogen and oxygen atoms in total. The van der Waals surface area contributed by atoms with E-state index in [2.05, 4.69) is 10.0 Å². The molecule has 0 aliphatic heterocycles. The van der Waals surface area contributed by atoms with Gasteiger partial charge in [0.1, 0.15) is 12.4 Å². The van der Waals surface area contributed by atoms with Crippen LogP contribution in [0.3, 0.4) is 0 Å². The summed E-state index contributed by atoms with van der Waals surface area (Å²) in [6.07, 6.45) is 0. The molecule has 7 heteroatoms. The van der Waals surface area contributed by atoms with E-state index >= 15 is 0 Å². The first-order valence-electron chi connectivity index (χ1n) is 9.52. The smallest absolute Gasteiger partial charge is 0.261 e. The van der Waals surface area contributed by atoms with Gasteiger partial charge in [-0.2, -0.15) is 0 Å². The van der Waals surface area contributed by atoms with Crippen LogP contribution in [-0.4, -0.2) is 27.0 Å². The molecule has 0 aromatic heterocycles. The molecule has 156 valence electrons. The molecular weight excluding hydrogens is 400 g/mol. The van der Waals surface area contributed by atoms with Crippen LogP contribution >= 0.6 is 0 Å². The van der Waals surface area contributed by atoms with E-state index in [-0.39, 0.29) is 16.8 Å². The molecule has 1 unspecified atom stereocenters. The maximum Gasteiger partial charge on any atom is 0.261 e. The minimum Gasteiger partial charge on any atom is -0.491 e. The molecule has 0 saturated carbocycles. The Morgan fingerprint density at radius 3 is 2.37 bits per heavy atom. The van der Waals surface area contributed by atoms with Crippen LogP contribution in [0.4, 0.5) is 5.69 Å². The number of ether oxygens (including phenoxy) is 1. The summed E-state index contributed by atoms with van der Waals surface area (Å²) in [5.74, 6) is 0.418. The van der Waals surface area contributed by atoms with Gasteiger partial charge in [0, 0.05) is 11.3 Å². The Labute approximate surface area is 177 Å². The number of carbonyl (C=O) groups excluding carboxylic acids is 1. The van der Waals surface area contributed by atoms with E-state index in [4.69, 9.17) is 4.74 Å². The van der Waals surface area contributed by atoms with Crippen LogP contribution in [0.1, 0.15) is 22.8 Å². The third-order valence-electron chi connectivity index (χ3n) is 4.33. The predicted molar refractivity (Wildman–Crippen MR) is 117 cm³/mol. The average molecular weight is 425 g/mol. The van der Waals surface area contributed by atoms with Gasteiger partial charge in [-0.3, -0.25) is 9.52 Å². The first kappa shape index (κ1) is 21.4. The number of aryl methyl sites for hydroxylation is 1. The highest BCUT2D eigenvalue weighted by Gasteiger charge is 2.16. The number of hydrogen-bond acceptors (Lipinski definition) is 4. The van der Waals surface area contributed by atoms with Crippen molar-refractivity contribution in [2.24, 2.45) is 0 Å². The fraction of sp³-hybridized carbons (Fsp3) is 0.174. The van der Waals surface area contributed by atoms with Gasteiger partial charge in [0.2, 0.25) is 0 Å². The minimum atomic E-state index is -3.74. The molecule has 3 aromatic rings. The average Bonchev–Trinajstić information content (AvgIpc) is 2.73. The van der Waals surface area contributed by atoms with Gasteiger partial charge in [0.15, 0.2) is 0 Å². The number of hydrogen-bond donors (Lipinski definition) is 2. The first-order valence-corrected chi connectivity index (χ1v) is 11.0. The van der Waals surface area contributed by atoms with E-state index < -0.39 is 10.0 Å². The van der Waals surface area contributed by atoms with Gasteiger partial charge in [-0.15, -0.1) is 0 Å². The number of carbonyl (C=O) groups is 1. The summed E-state index contributed by atoms with van der Waals surface area (Å²) in [7, 11) is -3.74. The van der Waals surface area contributed by atoms with Gasteiger partial charge >= 0.3 is 0 Å². The maximum atomic E-state index is 12.6. The zero-order valence-electron chi connectivity index (χ0n) is 16.8. The van der Waals surface area contributed by atoms with Crippen LogP contribution in [-0.2, 0) is 10.0 Å². The number of sulfonamides is 1. The van der Waals surface area contributed by atoms with Crippen LogP contribution in [0.25, 0.3) is 0 Å². The second-order valence-corrected chi connectivity index (χ2v) is 8.68. The van der Waals surface area contributed by atoms with E-state index in [1.165, 1.54) is 6.07 Å². The molecule has 1 atom stereocenters. The first-order chi connectivity index (χ1) is 14.3. The molecule has 0 aliphatic rings. The van der Waals surface area contributed by atoms with Gasteiger partial charge in [-0.25, -0.2) is 8.42 Å². The number of anilines is 1. The molecule has 0 heterocycles. The molecule has 0 aliphatic carbocycles. The Bertz CT molecular complexity index is 1100. The summed E-state index contributed by atoms with van der Waals surface area (Å²) in [5, 5.41) is 2.85. The summed E-state index contributed by atoms with van der Waals surface area (Å²) < 4.78 is 33.3. The summed E-state index contributed by atoms with van der Waals surface area (Å²) in [4.78, 5) is 12.7. The lowest BCUT2D eigenvalue weighted by Gasteiger charge is -2.15. The van der Waals surface area contributed by atoms with E-state index in [1.807, 2.05) is 44.2 Å². The van der Waals surface area contributed by atoms with Crippen molar-refractivity contribution in [3.63, 3.8) is 0 Å². The number of amides is 1. The Kier molecular flexibility index (Phi) is 6.74. The highest BCUT2D eigenvalue weighted by atomic mass is 32.2. The summed E-state index contributed by atoms with van der Waals surface area (Å²) in [6, 6.07) is 22.0. The molecule has 2 N–H and O–H groups in total. The van der Waals surface area contributed by atoms with Crippen molar-refractivity contribution in [2.75, 3.05) is 11.3 Å². The van der Waals surface area contributed by atoms with Crippen LogP contribution in [0.2, 0.25) is 0 Å². The highest BCUT2D eigenvalue weighted by molar-refractivity contribution is 7.92. The molecule has 3 rings (SSSR count). The zero-order valence-corrected chi connectivity index (χ0v) is 17.6. The molecule has 0 radical (unpaired) electrons. The second-order valence-electron chi connectivity index (χ2n) is 7.00. The monoisotopic (exact) mass is 424 g/mol. The largest absolute Gasteiger partial charge is 0.491 e. The fourth-order valence-corrected chi connectivity index (χ4v) is 3.79. The Balaban J connectivity index is 1.62. The number of nitrogens with one attached hydrogen (secondary N) is 2. The predicted octanol–water partition coefficient (Wildman–Crippen LogP) is 3.99. The van der Waals surface area contributed by atoms with Crippen molar-refractivity contribution in [1.82, 2.24) is 5.32 Å². The summed E-state index contributed by atoms with van der Waals surface area (Å²) in [5.41, 5.74) is 1.64. The molecule has 3 aromatic carbocycles. The summed E-state index contributed by atoms with van der Waals surface area (Å²) >= 11 is 0. The number of rotatable bonds is 8. The third-order valence-corrected chi connectivity index (χ3v) is 5.73. The van der Waals surface area contributed by atoms with E-state index in [1.54, 1.807) is 42.5 Å². The molecular formula is C23H24N2O4S. The number of para-hydroxylation sites is 1. The van der Waals surface area contributed by atoms with E-state index in [0.29, 0.717) is 17.9 Å². The Hall–Kier alpha value is -3.32. The topological polar surface area (TPSA) is 84.5 Å². The molecule has 1 amide bonds. The van der Waals surface area contributed by atoms with Crippen molar-refractivity contribution in [2.45, 2.75) is 24.8 Å². The number of benzene rings is 3. The van der Waals surface area contributed by atoms with Crippen molar-refractivity contribution >= 4 is 21.6 Å². The maximum absolute atomic E-state index is 12.6. The molecule has 0 saturated heterocycles. The van der Waals surface area contributed by atoms with E-state index in [9.17, 15) is 13.2 Å². The lowest BCUT2D eigenvalue weighted by Crippen LogP contribution is -2.36. The van der Waals surface area contributed by atoms with Gasteiger partial charge in [0.25, 0.3) is 15.9 Å². The van der Waals surface area contributed by atoms with Gasteiger partial charge in [-0.05, 0) is 56.3 Å². The Morgan fingerprint density at radius 2 is 1.67 bits per heavy atom. The van der Waals surface area contributed by atoms with Gasteiger partial charge in [0.05, 0.1) is 10.9 Å². The van der Waals surface area contributed by atoms with Crippen LogP contribution in [0.5, 0.6) is 5.75 Å². The van der Waals surface area contributed by atoms with Crippen LogP contribution < -0.4 is 14.8 Å². The lowest BCUT2D eigenvalue weighted by molar-refractivity contribution is 0.0926. The molecule has 30 heavy (non-hydrogen) atoms. The SMILES string of the molecule is Cc1ccc(S(=O)(=O)Nc2cccc(C(=O)NC(C)COc3ccccc3)c2)cc1. The Morgan fingerprint density at radius 1 is 0.967 bits per heavy atom.